The Morgan fingerprint density at radius 1 is 1.00 bits per heavy atom. The minimum absolute atomic E-state index is 0.0138. The van der Waals surface area contributed by atoms with Crippen molar-refractivity contribution >= 4 is 29.0 Å². The van der Waals surface area contributed by atoms with E-state index in [1.165, 1.54) is 30.3 Å². The average Bonchev–Trinajstić information content (AvgIpc) is 2.39. The molecule has 0 fully saturated rings. The SMILES string of the molecule is O=C(Cc1ccc(F)c(Cl)c1)Cc1cccc(Cl)c1F. The van der Waals surface area contributed by atoms with Gasteiger partial charge in [0, 0.05) is 12.8 Å². The highest BCUT2D eigenvalue weighted by Gasteiger charge is 2.12. The van der Waals surface area contributed by atoms with Crippen LogP contribution in [0.2, 0.25) is 10.0 Å². The summed E-state index contributed by atoms with van der Waals surface area (Å²) in [5.41, 5.74) is 0.833. The molecule has 0 unspecified atom stereocenters. The topological polar surface area (TPSA) is 17.1 Å². The Labute approximate surface area is 125 Å². The van der Waals surface area contributed by atoms with E-state index in [2.05, 4.69) is 0 Å². The molecule has 0 spiro atoms. The quantitative estimate of drug-likeness (QED) is 0.804. The Bertz CT molecular complexity index is 656. The molecule has 2 aromatic rings. The van der Waals surface area contributed by atoms with Gasteiger partial charge in [-0.3, -0.25) is 4.79 Å². The molecule has 0 aliphatic rings. The predicted octanol–water partition coefficient (Wildman–Crippen LogP) is 4.63. The Balaban J connectivity index is 2.09. The van der Waals surface area contributed by atoms with Crippen LogP contribution in [0.1, 0.15) is 11.1 Å². The maximum Gasteiger partial charge on any atom is 0.145 e. The number of hydrogen-bond donors (Lipinski definition) is 0. The zero-order chi connectivity index (χ0) is 14.7. The molecule has 5 heteroatoms. The van der Waals surface area contributed by atoms with Crippen molar-refractivity contribution in [1.82, 2.24) is 0 Å². The standard InChI is InChI=1S/C15H10Cl2F2O/c16-12-3-1-2-10(15(12)19)8-11(20)6-9-4-5-14(18)13(17)7-9/h1-5,7H,6,8H2. The lowest BCUT2D eigenvalue weighted by Gasteiger charge is -2.05. The molecule has 0 amide bonds. The molecule has 0 saturated carbocycles. The fraction of sp³-hybridized carbons (Fsp3) is 0.133. The van der Waals surface area contributed by atoms with Crippen LogP contribution < -0.4 is 0 Å². The maximum absolute atomic E-state index is 13.7. The first-order chi connectivity index (χ1) is 9.47. The number of ketones is 1. The van der Waals surface area contributed by atoms with Crippen molar-refractivity contribution in [3.05, 3.63) is 69.2 Å². The van der Waals surface area contributed by atoms with Gasteiger partial charge in [-0.15, -0.1) is 0 Å². The van der Waals surface area contributed by atoms with Gasteiger partial charge in [-0.05, 0) is 29.3 Å². The molecule has 0 bridgehead atoms. The molecule has 0 atom stereocenters. The van der Waals surface area contributed by atoms with Gasteiger partial charge < -0.3 is 0 Å². The number of carbonyl (C=O) groups excluding carboxylic acids is 1. The van der Waals surface area contributed by atoms with Crippen LogP contribution >= 0.6 is 23.2 Å². The van der Waals surface area contributed by atoms with E-state index in [0.717, 1.165) is 0 Å². The van der Waals surface area contributed by atoms with E-state index in [0.29, 0.717) is 5.56 Å². The van der Waals surface area contributed by atoms with E-state index in [9.17, 15) is 13.6 Å². The summed E-state index contributed by atoms with van der Waals surface area (Å²) in [6.45, 7) is 0. The zero-order valence-electron chi connectivity index (χ0n) is 10.3. The number of Topliss-reactive ketones (excluding diaryl/α,β-unsaturated/α-hetero) is 1. The normalized spacial score (nSPS) is 10.6. The van der Waals surface area contributed by atoms with E-state index in [4.69, 9.17) is 23.2 Å². The summed E-state index contributed by atoms with van der Waals surface area (Å²) in [7, 11) is 0. The molecule has 2 aromatic carbocycles. The second kappa shape index (κ2) is 6.33. The van der Waals surface area contributed by atoms with Gasteiger partial charge in [0.1, 0.15) is 17.4 Å². The van der Waals surface area contributed by atoms with Crippen LogP contribution in [-0.4, -0.2) is 5.78 Å². The van der Waals surface area contributed by atoms with Crippen LogP contribution in [0.25, 0.3) is 0 Å². The number of carbonyl (C=O) groups is 1. The Morgan fingerprint density at radius 3 is 2.45 bits per heavy atom. The zero-order valence-corrected chi connectivity index (χ0v) is 11.8. The number of hydrogen-bond acceptors (Lipinski definition) is 1. The molecule has 1 nitrogen and oxygen atoms in total. The maximum atomic E-state index is 13.7. The molecule has 0 N–H and O–H groups in total. The van der Waals surface area contributed by atoms with Gasteiger partial charge in [-0.1, -0.05) is 41.4 Å². The third-order valence-electron chi connectivity index (χ3n) is 2.80. The minimum Gasteiger partial charge on any atom is -0.299 e. The first-order valence-corrected chi connectivity index (χ1v) is 6.61. The molecular weight excluding hydrogens is 305 g/mol. The van der Waals surface area contributed by atoms with Gasteiger partial charge in [0.05, 0.1) is 10.0 Å². The molecule has 0 saturated heterocycles. The monoisotopic (exact) mass is 314 g/mol. The van der Waals surface area contributed by atoms with Gasteiger partial charge in [-0.25, -0.2) is 8.78 Å². The average molecular weight is 315 g/mol. The first-order valence-electron chi connectivity index (χ1n) is 5.86. The number of benzene rings is 2. The third-order valence-corrected chi connectivity index (χ3v) is 3.39. The van der Waals surface area contributed by atoms with Gasteiger partial charge in [0.15, 0.2) is 0 Å². The van der Waals surface area contributed by atoms with Crippen LogP contribution in [0.4, 0.5) is 8.78 Å². The highest BCUT2D eigenvalue weighted by molar-refractivity contribution is 6.31. The van der Waals surface area contributed by atoms with Gasteiger partial charge in [0.25, 0.3) is 0 Å². The van der Waals surface area contributed by atoms with E-state index in [1.807, 2.05) is 0 Å². The fourth-order valence-electron chi connectivity index (χ4n) is 1.84. The van der Waals surface area contributed by atoms with Crippen LogP contribution in [-0.2, 0) is 17.6 Å². The summed E-state index contributed by atoms with van der Waals surface area (Å²) in [6, 6.07) is 8.59. The van der Waals surface area contributed by atoms with Crippen LogP contribution in [0, 0.1) is 11.6 Å². The summed E-state index contributed by atoms with van der Waals surface area (Å²) < 4.78 is 26.7. The minimum atomic E-state index is -0.584. The lowest BCUT2D eigenvalue weighted by Crippen LogP contribution is -2.08. The molecule has 0 aromatic heterocycles. The largest absolute Gasteiger partial charge is 0.299 e. The highest BCUT2D eigenvalue weighted by atomic mass is 35.5. The second-order valence-corrected chi connectivity index (χ2v) is 5.17. The molecule has 2 rings (SSSR count). The van der Waals surface area contributed by atoms with Gasteiger partial charge in [-0.2, -0.15) is 0 Å². The van der Waals surface area contributed by atoms with Crippen LogP contribution in [0.15, 0.2) is 36.4 Å². The Morgan fingerprint density at radius 2 is 1.75 bits per heavy atom. The first kappa shape index (κ1) is 14.9. The van der Waals surface area contributed by atoms with Crippen molar-refractivity contribution in [2.75, 3.05) is 0 Å². The fourth-order valence-corrected chi connectivity index (χ4v) is 2.23. The smallest absolute Gasteiger partial charge is 0.145 e. The molecule has 0 aliphatic heterocycles. The van der Waals surface area contributed by atoms with Gasteiger partial charge >= 0.3 is 0 Å². The van der Waals surface area contributed by atoms with Crippen LogP contribution in [0.3, 0.4) is 0 Å². The van der Waals surface area contributed by atoms with Gasteiger partial charge in [0.2, 0.25) is 0 Å². The number of rotatable bonds is 4. The third kappa shape index (κ3) is 3.56. The lowest BCUT2D eigenvalue weighted by molar-refractivity contribution is -0.117. The van der Waals surface area contributed by atoms with Crippen molar-refractivity contribution in [1.29, 1.82) is 0 Å². The summed E-state index contributed by atoms with van der Waals surface area (Å²) in [4.78, 5) is 11.9. The van der Waals surface area contributed by atoms with E-state index < -0.39 is 11.6 Å². The van der Waals surface area contributed by atoms with Crippen molar-refractivity contribution < 1.29 is 13.6 Å². The molecule has 104 valence electrons. The molecule has 20 heavy (non-hydrogen) atoms. The van der Waals surface area contributed by atoms with Crippen LogP contribution in [0.5, 0.6) is 0 Å². The molecule has 0 heterocycles. The molecular formula is C15H10Cl2F2O. The van der Waals surface area contributed by atoms with E-state index >= 15 is 0 Å². The summed E-state index contributed by atoms with van der Waals surface area (Å²) >= 11 is 11.3. The van der Waals surface area contributed by atoms with Crippen molar-refractivity contribution in [3.63, 3.8) is 0 Å². The highest BCUT2D eigenvalue weighted by Crippen LogP contribution is 2.20. The van der Waals surface area contributed by atoms with E-state index in [1.54, 1.807) is 6.07 Å². The predicted molar refractivity (Wildman–Crippen MR) is 75.2 cm³/mol. The lowest BCUT2D eigenvalue weighted by atomic mass is 10.0. The second-order valence-electron chi connectivity index (χ2n) is 4.35. The van der Waals surface area contributed by atoms with E-state index in [-0.39, 0.29) is 34.2 Å². The van der Waals surface area contributed by atoms with Crippen molar-refractivity contribution in [3.8, 4) is 0 Å². The summed E-state index contributed by atoms with van der Waals surface area (Å²) in [5, 5.41) is -0.0515. The molecule has 0 aliphatic carbocycles. The Kier molecular flexibility index (Phi) is 4.73. The number of halogens is 4. The Hall–Kier alpha value is -1.45. The summed E-state index contributed by atoms with van der Waals surface area (Å²) in [6.07, 6.45) is -0.00661. The summed E-state index contributed by atoms with van der Waals surface area (Å²) in [5.74, 6) is -1.32. The van der Waals surface area contributed by atoms with Crippen molar-refractivity contribution in [2.24, 2.45) is 0 Å². The molecule has 0 radical (unpaired) electrons. The van der Waals surface area contributed by atoms with Crippen molar-refractivity contribution in [2.45, 2.75) is 12.8 Å².